The standard InChI is InChI=1S/C25H26Cl2N2O6/c1-4-9-29-20(31)14-7-6-13-15(18(14)21(29)32)11-24(26)22(33)28(2)23(34)25(24,27)19(13)12-5-8-17(35-3)16(30)10-12/h5-6,8,10,14-15,18-19,30H,4,7,9,11H2,1-3H3/t14-,15+,18-,19-,24+,25-/m0/s1. The zero-order chi connectivity index (χ0) is 25.4. The first-order valence-corrected chi connectivity index (χ1v) is 12.4. The molecule has 2 heterocycles. The van der Waals surface area contributed by atoms with E-state index in [2.05, 4.69) is 0 Å². The lowest BCUT2D eigenvalue weighted by atomic mass is 9.56. The van der Waals surface area contributed by atoms with E-state index in [1.54, 1.807) is 12.1 Å². The van der Waals surface area contributed by atoms with Gasteiger partial charge in [0.05, 0.1) is 18.9 Å². The van der Waals surface area contributed by atoms with Crippen LogP contribution < -0.4 is 4.74 Å². The van der Waals surface area contributed by atoms with Gasteiger partial charge < -0.3 is 9.84 Å². The quantitative estimate of drug-likeness (QED) is 0.371. The number of allylic oxidation sites excluding steroid dienone is 2. The number of hydrogen-bond donors (Lipinski definition) is 1. The van der Waals surface area contributed by atoms with E-state index in [0.717, 1.165) is 4.90 Å². The van der Waals surface area contributed by atoms with Crippen molar-refractivity contribution >= 4 is 46.8 Å². The van der Waals surface area contributed by atoms with Crippen molar-refractivity contribution in [2.24, 2.45) is 17.8 Å². The molecule has 2 saturated heterocycles. The lowest BCUT2D eigenvalue weighted by molar-refractivity contribution is -0.141. The zero-order valence-electron chi connectivity index (χ0n) is 19.6. The number of phenolic OH excluding ortho intramolecular Hbond substituents is 1. The highest BCUT2D eigenvalue weighted by atomic mass is 35.5. The minimum atomic E-state index is -1.87. The molecule has 0 unspecified atom stereocenters. The summed E-state index contributed by atoms with van der Waals surface area (Å²) in [5, 5.41) is 10.5. The molecule has 1 saturated carbocycles. The average Bonchev–Trinajstić information content (AvgIpc) is 3.14. The number of halogens is 2. The third-order valence-corrected chi connectivity index (χ3v) is 9.50. The maximum atomic E-state index is 13.5. The van der Waals surface area contributed by atoms with Crippen molar-refractivity contribution in [3.05, 3.63) is 35.4 Å². The smallest absolute Gasteiger partial charge is 0.253 e. The first-order chi connectivity index (χ1) is 16.5. The highest BCUT2D eigenvalue weighted by Crippen LogP contribution is 2.65. The van der Waals surface area contributed by atoms with E-state index in [9.17, 15) is 24.3 Å². The zero-order valence-corrected chi connectivity index (χ0v) is 21.1. The molecule has 5 rings (SSSR count). The van der Waals surface area contributed by atoms with E-state index in [4.69, 9.17) is 27.9 Å². The molecule has 0 spiro atoms. The first-order valence-electron chi connectivity index (χ1n) is 11.6. The number of amides is 4. The summed E-state index contributed by atoms with van der Waals surface area (Å²) >= 11 is 14.1. The van der Waals surface area contributed by atoms with E-state index < -0.39 is 45.2 Å². The predicted molar refractivity (Wildman–Crippen MR) is 127 cm³/mol. The molecule has 6 atom stereocenters. The Bertz CT molecular complexity index is 1200. The topological polar surface area (TPSA) is 104 Å². The Hall–Kier alpha value is -2.58. The molecule has 1 aromatic carbocycles. The van der Waals surface area contributed by atoms with E-state index in [1.807, 2.05) is 13.0 Å². The van der Waals surface area contributed by atoms with Crippen LogP contribution in [0, 0.1) is 17.8 Å². The molecule has 0 aromatic heterocycles. The SMILES string of the molecule is CCCN1C(=O)[C@H]2[C@H](CC=C3[C@H]2C[C@@]2(Cl)C(=O)N(C)C(=O)[C@@]2(Cl)[C@H]3c2ccc(OC)c(O)c2)C1=O. The van der Waals surface area contributed by atoms with Gasteiger partial charge in [-0.3, -0.25) is 29.0 Å². The Morgan fingerprint density at radius 2 is 1.83 bits per heavy atom. The Balaban J connectivity index is 1.71. The van der Waals surface area contributed by atoms with Crippen molar-refractivity contribution in [3.8, 4) is 11.5 Å². The maximum absolute atomic E-state index is 13.5. The highest BCUT2D eigenvalue weighted by molar-refractivity contribution is 6.53. The number of nitrogens with zero attached hydrogens (tertiary/aromatic N) is 2. The molecule has 0 radical (unpaired) electrons. The second kappa shape index (κ2) is 7.96. The molecule has 3 fully saturated rings. The van der Waals surface area contributed by atoms with Gasteiger partial charge in [-0.15, -0.1) is 23.2 Å². The fraction of sp³-hybridized carbons (Fsp3) is 0.520. The van der Waals surface area contributed by atoms with Gasteiger partial charge in [-0.1, -0.05) is 24.6 Å². The molecule has 4 amide bonds. The summed E-state index contributed by atoms with van der Waals surface area (Å²) in [5.74, 6) is -4.38. The number of imide groups is 2. The van der Waals surface area contributed by atoms with Gasteiger partial charge in [0, 0.05) is 19.5 Å². The largest absolute Gasteiger partial charge is 0.504 e. The Morgan fingerprint density at radius 1 is 1.11 bits per heavy atom. The van der Waals surface area contributed by atoms with Gasteiger partial charge >= 0.3 is 0 Å². The highest BCUT2D eigenvalue weighted by Gasteiger charge is 2.75. The number of alkyl halides is 2. The van der Waals surface area contributed by atoms with Crippen LogP contribution in [0.2, 0.25) is 0 Å². The Morgan fingerprint density at radius 3 is 2.46 bits per heavy atom. The van der Waals surface area contributed by atoms with E-state index in [0.29, 0.717) is 30.5 Å². The predicted octanol–water partition coefficient (Wildman–Crippen LogP) is 2.80. The Kier molecular flexibility index (Phi) is 5.49. The van der Waals surface area contributed by atoms with Crippen molar-refractivity contribution in [1.82, 2.24) is 9.80 Å². The third-order valence-electron chi connectivity index (χ3n) is 8.09. The van der Waals surface area contributed by atoms with Crippen molar-refractivity contribution in [2.45, 2.75) is 41.9 Å². The number of aromatic hydroxyl groups is 1. The molecular formula is C25H26Cl2N2O6. The molecule has 2 aliphatic heterocycles. The number of likely N-dealkylation sites (tertiary alicyclic amines) is 2. The minimum Gasteiger partial charge on any atom is -0.504 e. The van der Waals surface area contributed by atoms with Gasteiger partial charge in [-0.2, -0.15) is 0 Å². The summed E-state index contributed by atoms with van der Waals surface area (Å²) in [5.41, 5.74) is 1.16. The van der Waals surface area contributed by atoms with Crippen LogP contribution in [0.15, 0.2) is 29.8 Å². The third kappa shape index (κ3) is 2.93. The minimum absolute atomic E-state index is 0.0441. The number of phenols is 1. The number of ether oxygens (including phenoxy) is 1. The van der Waals surface area contributed by atoms with Crippen molar-refractivity contribution in [1.29, 1.82) is 0 Å². The number of benzene rings is 1. The van der Waals surface area contributed by atoms with Gasteiger partial charge in [0.15, 0.2) is 21.2 Å². The lowest BCUT2D eigenvalue weighted by Crippen LogP contribution is -2.60. The van der Waals surface area contributed by atoms with E-state index in [1.165, 1.54) is 25.1 Å². The van der Waals surface area contributed by atoms with Crippen LogP contribution in [0.1, 0.15) is 37.7 Å². The lowest BCUT2D eigenvalue weighted by Gasteiger charge is -2.50. The molecule has 2 aliphatic carbocycles. The van der Waals surface area contributed by atoms with Gasteiger partial charge in [-0.25, -0.2) is 0 Å². The molecule has 10 heteroatoms. The molecule has 35 heavy (non-hydrogen) atoms. The van der Waals surface area contributed by atoms with Gasteiger partial charge in [0.1, 0.15) is 0 Å². The molecule has 1 aromatic rings. The average molecular weight is 521 g/mol. The summed E-state index contributed by atoms with van der Waals surface area (Å²) in [6, 6.07) is 4.66. The number of rotatable bonds is 4. The summed E-state index contributed by atoms with van der Waals surface area (Å²) < 4.78 is 5.16. The Labute approximate surface area is 212 Å². The summed E-state index contributed by atoms with van der Waals surface area (Å²) in [7, 11) is 2.76. The molecular weight excluding hydrogens is 495 g/mol. The van der Waals surface area contributed by atoms with Crippen LogP contribution >= 0.6 is 23.2 Å². The van der Waals surface area contributed by atoms with E-state index in [-0.39, 0.29) is 29.7 Å². The number of fused-ring (bicyclic) bond motifs is 4. The molecule has 0 bridgehead atoms. The van der Waals surface area contributed by atoms with E-state index >= 15 is 0 Å². The number of methoxy groups -OCH3 is 1. The van der Waals surface area contributed by atoms with Gasteiger partial charge in [0.2, 0.25) is 11.8 Å². The van der Waals surface area contributed by atoms with Crippen LogP contribution in [-0.2, 0) is 19.2 Å². The number of hydrogen-bond acceptors (Lipinski definition) is 6. The second-order valence-electron chi connectivity index (χ2n) is 9.76. The molecule has 8 nitrogen and oxygen atoms in total. The van der Waals surface area contributed by atoms with Crippen molar-refractivity contribution in [3.63, 3.8) is 0 Å². The summed E-state index contributed by atoms with van der Waals surface area (Å²) in [4.78, 5) is 51.9. The molecule has 1 N–H and O–H groups in total. The number of carbonyl (C=O) groups is 4. The van der Waals surface area contributed by atoms with Gasteiger partial charge in [-0.05, 0) is 42.9 Å². The second-order valence-corrected chi connectivity index (χ2v) is 11.0. The first kappa shape index (κ1) is 24.1. The monoisotopic (exact) mass is 520 g/mol. The summed E-state index contributed by atoms with van der Waals surface area (Å²) in [6.45, 7) is 2.22. The van der Waals surface area contributed by atoms with Gasteiger partial charge in [0.25, 0.3) is 11.8 Å². The van der Waals surface area contributed by atoms with Crippen LogP contribution in [-0.4, -0.2) is 69.0 Å². The van der Waals surface area contributed by atoms with Crippen LogP contribution in [0.3, 0.4) is 0 Å². The van der Waals surface area contributed by atoms with Crippen molar-refractivity contribution < 1.29 is 29.0 Å². The van der Waals surface area contributed by atoms with Crippen LogP contribution in [0.5, 0.6) is 11.5 Å². The van der Waals surface area contributed by atoms with Crippen LogP contribution in [0.4, 0.5) is 0 Å². The van der Waals surface area contributed by atoms with Crippen LogP contribution in [0.25, 0.3) is 0 Å². The maximum Gasteiger partial charge on any atom is 0.253 e. The number of carbonyl (C=O) groups excluding carboxylic acids is 4. The molecule has 186 valence electrons. The fourth-order valence-corrected chi connectivity index (χ4v) is 7.53. The fourth-order valence-electron chi connectivity index (χ4n) is 6.51. The summed E-state index contributed by atoms with van der Waals surface area (Å²) in [6.07, 6.45) is 2.78. The normalized spacial score (nSPS) is 36.2. The van der Waals surface area contributed by atoms with Crippen molar-refractivity contribution in [2.75, 3.05) is 20.7 Å². The molecule has 4 aliphatic rings.